The summed E-state index contributed by atoms with van der Waals surface area (Å²) in [7, 11) is 0. The number of carbonyl (C=O) groups excluding carboxylic acids is 1. The molecule has 17 heavy (non-hydrogen) atoms. The zero-order valence-corrected chi connectivity index (χ0v) is 13.2. The predicted octanol–water partition coefficient (Wildman–Crippen LogP) is 4.33. The Bertz CT molecular complexity index is 368. The van der Waals surface area contributed by atoms with Gasteiger partial charge in [0.15, 0.2) is 0 Å². The minimum Gasteiger partial charge on any atom is -0.351 e. The Labute approximate surface area is 120 Å². The average molecular weight is 339 g/mol. The van der Waals surface area contributed by atoms with E-state index in [-0.39, 0.29) is 11.3 Å². The van der Waals surface area contributed by atoms with Gasteiger partial charge in [0.05, 0.1) is 5.02 Å². The highest BCUT2D eigenvalue weighted by Crippen LogP contribution is 2.28. The number of hydrogen-bond donors (Lipinski definition) is 1. The van der Waals surface area contributed by atoms with Gasteiger partial charge in [0, 0.05) is 11.9 Å². The van der Waals surface area contributed by atoms with Gasteiger partial charge in [-0.3, -0.25) is 4.79 Å². The minimum absolute atomic E-state index is 0.0720. The molecule has 0 unspecified atom stereocenters. The molecule has 0 atom stereocenters. The molecule has 1 aromatic rings. The molecule has 1 N–H and O–H groups in total. The third kappa shape index (κ3) is 3.70. The summed E-state index contributed by atoms with van der Waals surface area (Å²) in [6.07, 6.45) is 2.07. The van der Waals surface area contributed by atoms with Crippen molar-refractivity contribution in [3.63, 3.8) is 0 Å². The number of carbonyl (C=O) groups is 1. The molecule has 1 rings (SSSR count). The first kappa shape index (κ1) is 15.0. The van der Waals surface area contributed by atoms with Crippen molar-refractivity contribution >= 4 is 44.8 Å². The number of halogens is 2. The van der Waals surface area contributed by atoms with Gasteiger partial charge in [-0.25, -0.2) is 0 Å². The topological polar surface area (TPSA) is 29.1 Å². The first-order chi connectivity index (χ1) is 8.08. The normalized spacial score (nSPS) is 11.5. The van der Waals surface area contributed by atoms with E-state index >= 15 is 0 Å². The maximum absolute atomic E-state index is 11.9. The number of alkyl halides is 1. The Morgan fingerprint density at radius 1 is 1.53 bits per heavy atom. The second-order valence-corrected chi connectivity index (χ2v) is 6.01. The fourth-order valence-electron chi connectivity index (χ4n) is 1.54. The van der Waals surface area contributed by atoms with Crippen LogP contribution in [0.2, 0.25) is 5.02 Å². The van der Waals surface area contributed by atoms with E-state index in [1.807, 2.05) is 5.38 Å². The van der Waals surface area contributed by atoms with Crippen molar-refractivity contribution in [3.05, 3.63) is 21.3 Å². The quantitative estimate of drug-likeness (QED) is 0.768. The van der Waals surface area contributed by atoms with Gasteiger partial charge in [-0.05, 0) is 29.7 Å². The third-order valence-electron chi connectivity index (χ3n) is 3.23. The lowest BCUT2D eigenvalue weighted by Gasteiger charge is -2.29. The molecular formula is C12H17BrClNOS. The molecule has 0 saturated carbocycles. The van der Waals surface area contributed by atoms with Crippen LogP contribution in [-0.4, -0.2) is 17.8 Å². The summed E-state index contributed by atoms with van der Waals surface area (Å²) in [4.78, 5) is 12.5. The van der Waals surface area contributed by atoms with Gasteiger partial charge >= 0.3 is 0 Å². The van der Waals surface area contributed by atoms with E-state index in [9.17, 15) is 4.79 Å². The highest BCUT2D eigenvalue weighted by Gasteiger charge is 2.26. The standard InChI is InChI=1S/C12H17BrClNOS/c1-3-12(4-2,7-13)8-15-11(16)10-9(14)5-6-17-10/h5-6H,3-4,7-8H2,1-2H3,(H,15,16). The lowest BCUT2D eigenvalue weighted by Crippen LogP contribution is -2.37. The van der Waals surface area contributed by atoms with Crippen LogP contribution in [0.5, 0.6) is 0 Å². The summed E-state index contributed by atoms with van der Waals surface area (Å²) in [6.45, 7) is 4.97. The SMILES string of the molecule is CCC(CC)(CBr)CNC(=O)c1sccc1Cl. The molecule has 0 fully saturated rings. The van der Waals surface area contributed by atoms with Crippen molar-refractivity contribution in [2.24, 2.45) is 5.41 Å². The molecule has 0 aliphatic rings. The van der Waals surface area contributed by atoms with Crippen LogP contribution in [0.4, 0.5) is 0 Å². The first-order valence-corrected chi connectivity index (χ1v) is 8.03. The van der Waals surface area contributed by atoms with Gasteiger partial charge in [-0.15, -0.1) is 11.3 Å². The van der Waals surface area contributed by atoms with E-state index in [4.69, 9.17) is 11.6 Å². The van der Waals surface area contributed by atoms with Gasteiger partial charge in [-0.1, -0.05) is 41.4 Å². The monoisotopic (exact) mass is 337 g/mol. The van der Waals surface area contributed by atoms with Crippen molar-refractivity contribution in [1.82, 2.24) is 5.32 Å². The Hall–Kier alpha value is -0.0600. The van der Waals surface area contributed by atoms with E-state index in [2.05, 4.69) is 35.1 Å². The molecule has 1 amide bonds. The van der Waals surface area contributed by atoms with Crippen molar-refractivity contribution in [3.8, 4) is 0 Å². The molecule has 0 bridgehead atoms. The molecule has 1 heterocycles. The lowest BCUT2D eigenvalue weighted by molar-refractivity contribution is 0.0936. The van der Waals surface area contributed by atoms with E-state index < -0.39 is 0 Å². The van der Waals surface area contributed by atoms with Crippen molar-refractivity contribution < 1.29 is 4.79 Å². The fraction of sp³-hybridized carbons (Fsp3) is 0.583. The molecule has 0 radical (unpaired) electrons. The Morgan fingerprint density at radius 3 is 2.59 bits per heavy atom. The first-order valence-electron chi connectivity index (χ1n) is 5.65. The molecule has 0 spiro atoms. The molecule has 5 heteroatoms. The third-order valence-corrected chi connectivity index (χ3v) is 5.76. The van der Waals surface area contributed by atoms with Crippen molar-refractivity contribution in [1.29, 1.82) is 0 Å². The largest absolute Gasteiger partial charge is 0.351 e. The molecule has 0 aliphatic carbocycles. The van der Waals surface area contributed by atoms with Crippen molar-refractivity contribution in [2.75, 3.05) is 11.9 Å². The van der Waals surface area contributed by atoms with Gasteiger partial charge in [0.2, 0.25) is 0 Å². The van der Waals surface area contributed by atoms with Gasteiger partial charge in [0.1, 0.15) is 4.88 Å². The fourth-order valence-corrected chi connectivity index (χ4v) is 3.59. The van der Waals surface area contributed by atoms with E-state index in [0.717, 1.165) is 18.2 Å². The number of amides is 1. The minimum atomic E-state index is -0.0720. The Kier molecular flexibility index (Phi) is 5.97. The second kappa shape index (κ2) is 6.76. The molecule has 2 nitrogen and oxygen atoms in total. The molecule has 0 aliphatic heterocycles. The van der Waals surface area contributed by atoms with E-state index in [1.54, 1.807) is 6.07 Å². The number of rotatable bonds is 6. The molecule has 96 valence electrons. The lowest BCUT2D eigenvalue weighted by atomic mass is 9.84. The zero-order chi connectivity index (χ0) is 12.9. The van der Waals surface area contributed by atoms with Crippen LogP contribution in [0.1, 0.15) is 36.4 Å². The smallest absolute Gasteiger partial charge is 0.262 e. The average Bonchev–Trinajstić information content (AvgIpc) is 2.78. The van der Waals surface area contributed by atoms with Crippen LogP contribution >= 0.6 is 38.9 Å². The predicted molar refractivity (Wildman–Crippen MR) is 78.5 cm³/mol. The maximum atomic E-state index is 11.9. The maximum Gasteiger partial charge on any atom is 0.262 e. The summed E-state index contributed by atoms with van der Waals surface area (Å²) in [5, 5.41) is 6.23. The summed E-state index contributed by atoms with van der Waals surface area (Å²) in [6, 6.07) is 1.75. The van der Waals surface area contributed by atoms with Gasteiger partial charge < -0.3 is 5.32 Å². The van der Waals surface area contributed by atoms with Crippen LogP contribution in [0.3, 0.4) is 0 Å². The zero-order valence-electron chi connectivity index (χ0n) is 10.1. The molecule has 0 saturated heterocycles. The summed E-state index contributed by atoms with van der Waals surface area (Å²) in [5.74, 6) is -0.0720. The highest BCUT2D eigenvalue weighted by atomic mass is 79.9. The van der Waals surface area contributed by atoms with Crippen LogP contribution in [0.15, 0.2) is 11.4 Å². The van der Waals surface area contributed by atoms with Gasteiger partial charge in [0.25, 0.3) is 5.91 Å². The summed E-state index contributed by atoms with van der Waals surface area (Å²) >= 11 is 10.8. The molecule has 0 aromatic carbocycles. The Balaban J connectivity index is 2.62. The van der Waals surface area contributed by atoms with Crippen molar-refractivity contribution in [2.45, 2.75) is 26.7 Å². The highest BCUT2D eigenvalue weighted by molar-refractivity contribution is 9.09. The molecule has 1 aromatic heterocycles. The summed E-state index contributed by atoms with van der Waals surface area (Å²) in [5.41, 5.74) is 0.138. The summed E-state index contributed by atoms with van der Waals surface area (Å²) < 4.78 is 0. The Morgan fingerprint density at radius 2 is 2.18 bits per heavy atom. The van der Waals surface area contributed by atoms with Crippen LogP contribution in [0.25, 0.3) is 0 Å². The number of thiophene rings is 1. The molecular weight excluding hydrogens is 322 g/mol. The van der Waals surface area contributed by atoms with E-state index in [1.165, 1.54) is 11.3 Å². The van der Waals surface area contributed by atoms with Crippen LogP contribution in [0, 0.1) is 5.41 Å². The second-order valence-electron chi connectivity index (χ2n) is 4.12. The van der Waals surface area contributed by atoms with Crippen LogP contribution < -0.4 is 5.32 Å². The number of nitrogens with one attached hydrogen (secondary N) is 1. The number of hydrogen-bond acceptors (Lipinski definition) is 2. The van der Waals surface area contributed by atoms with Crippen LogP contribution in [-0.2, 0) is 0 Å². The van der Waals surface area contributed by atoms with Gasteiger partial charge in [-0.2, -0.15) is 0 Å². The van der Waals surface area contributed by atoms with E-state index in [0.29, 0.717) is 16.4 Å².